The highest BCUT2D eigenvalue weighted by molar-refractivity contribution is 7.91. The van der Waals surface area contributed by atoms with E-state index in [1.807, 2.05) is 6.92 Å². The molecule has 0 radical (unpaired) electrons. The summed E-state index contributed by atoms with van der Waals surface area (Å²) in [5.74, 6) is 0.295. The van der Waals surface area contributed by atoms with E-state index in [4.69, 9.17) is 14.6 Å². The first-order chi connectivity index (χ1) is 15.3. The van der Waals surface area contributed by atoms with E-state index in [1.165, 1.54) is 28.5 Å². The Labute approximate surface area is 188 Å². The monoisotopic (exact) mass is 459 g/mol. The van der Waals surface area contributed by atoms with Crippen molar-refractivity contribution in [1.29, 1.82) is 0 Å². The fraction of sp³-hybridized carbons (Fsp3) is 0.545. The quantitative estimate of drug-likeness (QED) is 0.728. The summed E-state index contributed by atoms with van der Waals surface area (Å²) in [5, 5.41) is 13.2. The Morgan fingerprint density at radius 2 is 2.00 bits per heavy atom. The van der Waals surface area contributed by atoms with Crippen LogP contribution in [0.3, 0.4) is 0 Å². The van der Waals surface area contributed by atoms with Crippen LogP contribution < -0.4 is 15.2 Å². The van der Waals surface area contributed by atoms with Crippen LogP contribution >= 0.6 is 0 Å². The van der Waals surface area contributed by atoms with Gasteiger partial charge >= 0.3 is 6.03 Å². The number of nitrogens with two attached hydrogens (primary N) is 1. The Balaban J connectivity index is 1.43. The Morgan fingerprint density at radius 1 is 1.31 bits per heavy atom. The van der Waals surface area contributed by atoms with Crippen molar-refractivity contribution in [3.05, 3.63) is 34.5 Å². The normalized spacial score (nSPS) is 23.0. The van der Waals surface area contributed by atoms with Crippen molar-refractivity contribution < 1.29 is 18.5 Å². The smallest absolute Gasteiger partial charge is 0.354 e. The highest BCUT2D eigenvalue weighted by atomic mass is 32.2. The largest absolute Gasteiger partial charge is 0.476 e. The molecular weight excluding hydrogens is 430 g/mol. The molecule has 2 aliphatic carbocycles. The minimum atomic E-state index is -3.53. The van der Waals surface area contributed by atoms with Gasteiger partial charge in [-0.2, -0.15) is 5.10 Å². The minimum Gasteiger partial charge on any atom is -0.476 e. The molecule has 0 saturated heterocycles. The molecule has 0 spiro atoms. The van der Waals surface area contributed by atoms with Crippen LogP contribution in [0.5, 0.6) is 5.88 Å². The van der Waals surface area contributed by atoms with E-state index in [9.17, 15) is 9.00 Å². The van der Waals surface area contributed by atoms with Gasteiger partial charge in [-0.3, -0.25) is 0 Å². The van der Waals surface area contributed by atoms with E-state index in [-0.39, 0.29) is 10.3 Å². The molecule has 0 bridgehead atoms. The van der Waals surface area contributed by atoms with Gasteiger partial charge in [0.25, 0.3) is 0 Å². The molecular formula is C22H29N5O4S. The predicted molar refractivity (Wildman–Crippen MR) is 120 cm³/mol. The molecule has 172 valence electrons. The number of carbonyl (C=O) groups excluding carboxylic acids is 1. The van der Waals surface area contributed by atoms with Gasteiger partial charge in [-0.05, 0) is 60.8 Å². The molecule has 0 fully saturated rings. The zero-order valence-corrected chi connectivity index (χ0v) is 19.3. The molecule has 32 heavy (non-hydrogen) atoms. The molecule has 2 heterocycles. The second kappa shape index (κ2) is 7.86. The first-order valence-corrected chi connectivity index (χ1v) is 12.6. The van der Waals surface area contributed by atoms with Gasteiger partial charge in [0.15, 0.2) is 9.92 Å². The van der Waals surface area contributed by atoms with Crippen LogP contribution in [0.4, 0.5) is 10.5 Å². The Morgan fingerprint density at radius 3 is 2.66 bits per heavy atom. The minimum absolute atomic E-state index is 0.135. The number of methoxy groups -OCH3 is 1. The number of ether oxygens (including phenoxy) is 2. The van der Waals surface area contributed by atoms with Crippen molar-refractivity contribution in [2.75, 3.05) is 25.6 Å². The SMILES string of the molecule is COC[C@@]1(C)COc2c([S@](N)(=O)=NC(=O)Nc3c4c(cc5c3CCC5)CCC4)cnn2C1. The second-order valence-corrected chi connectivity index (χ2v) is 11.1. The van der Waals surface area contributed by atoms with Gasteiger partial charge in [0, 0.05) is 18.2 Å². The molecule has 1 aromatic heterocycles. The first-order valence-electron chi connectivity index (χ1n) is 11.0. The molecule has 2 atom stereocenters. The topological polar surface area (TPSA) is 121 Å². The van der Waals surface area contributed by atoms with E-state index in [0.29, 0.717) is 25.6 Å². The number of urea groups is 1. The number of fused-ring (bicyclic) bond motifs is 3. The molecule has 0 unspecified atom stereocenters. The number of hydrogen-bond donors (Lipinski definition) is 2. The number of nitrogens with zero attached hydrogens (tertiary/aromatic N) is 3. The lowest BCUT2D eigenvalue weighted by atomic mass is 9.92. The van der Waals surface area contributed by atoms with Gasteiger partial charge in [0.1, 0.15) is 4.90 Å². The lowest BCUT2D eigenvalue weighted by Crippen LogP contribution is -2.39. The molecule has 3 aliphatic rings. The molecule has 1 aromatic carbocycles. The van der Waals surface area contributed by atoms with Gasteiger partial charge in [0.05, 0.1) is 26.0 Å². The summed E-state index contributed by atoms with van der Waals surface area (Å²) in [7, 11) is -1.90. The van der Waals surface area contributed by atoms with Crippen molar-refractivity contribution >= 4 is 21.6 Å². The van der Waals surface area contributed by atoms with Crippen molar-refractivity contribution in [3.63, 3.8) is 0 Å². The van der Waals surface area contributed by atoms with Crippen molar-refractivity contribution in [2.24, 2.45) is 14.9 Å². The van der Waals surface area contributed by atoms with Crippen molar-refractivity contribution in [2.45, 2.75) is 56.9 Å². The van der Waals surface area contributed by atoms with E-state index in [1.54, 1.807) is 11.8 Å². The van der Waals surface area contributed by atoms with E-state index in [2.05, 4.69) is 20.8 Å². The summed E-state index contributed by atoms with van der Waals surface area (Å²) in [4.78, 5) is 13.0. The maximum atomic E-state index is 13.3. The third-order valence-electron chi connectivity index (χ3n) is 6.58. The van der Waals surface area contributed by atoms with Gasteiger partial charge in [-0.25, -0.2) is 18.8 Å². The number of amides is 2. The molecule has 3 N–H and O–H groups in total. The standard InChI is InChI=1S/C22H29N5O4S/c1-22(12-30-2)11-27-20(31-13-22)18(10-24-27)32(23,29)26-21(28)25-19-16-7-3-5-14(16)9-15-6-4-8-17(15)19/h9-10H,3-8,11-13H2,1-2H3,(H3,23,25,26,28,29)/t22-,32+/m0/s1. The van der Waals surface area contributed by atoms with Crippen LogP contribution in [-0.4, -0.2) is 40.3 Å². The van der Waals surface area contributed by atoms with Crippen LogP contribution in [-0.2, 0) is 46.9 Å². The number of aromatic nitrogens is 2. The Hall–Kier alpha value is -2.43. The van der Waals surface area contributed by atoms with E-state index < -0.39 is 15.9 Å². The Bertz CT molecular complexity index is 1180. The Kier molecular flexibility index (Phi) is 5.26. The zero-order valence-electron chi connectivity index (χ0n) is 18.5. The summed E-state index contributed by atoms with van der Waals surface area (Å²) >= 11 is 0. The molecule has 10 heteroatoms. The number of carbonyl (C=O) groups is 1. The summed E-state index contributed by atoms with van der Waals surface area (Å²) in [6.07, 6.45) is 7.45. The van der Waals surface area contributed by atoms with Crippen LogP contribution in [0.1, 0.15) is 42.0 Å². The number of nitrogens with one attached hydrogen (secondary N) is 1. The van der Waals surface area contributed by atoms with Crippen molar-refractivity contribution in [3.8, 4) is 5.88 Å². The fourth-order valence-electron chi connectivity index (χ4n) is 5.17. The predicted octanol–water partition coefficient (Wildman–Crippen LogP) is 2.84. The van der Waals surface area contributed by atoms with E-state index >= 15 is 0 Å². The van der Waals surface area contributed by atoms with Crippen LogP contribution in [0.2, 0.25) is 0 Å². The maximum absolute atomic E-state index is 13.3. The lowest BCUT2D eigenvalue weighted by Gasteiger charge is -2.33. The first kappa shape index (κ1) is 21.4. The zero-order chi connectivity index (χ0) is 22.5. The maximum Gasteiger partial charge on any atom is 0.354 e. The summed E-state index contributed by atoms with van der Waals surface area (Å²) in [6.45, 7) is 3.41. The fourth-order valence-corrected chi connectivity index (χ4v) is 6.17. The van der Waals surface area contributed by atoms with Crippen LogP contribution in [0.25, 0.3) is 0 Å². The number of benzene rings is 1. The highest BCUT2D eigenvalue weighted by Crippen LogP contribution is 2.39. The summed E-state index contributed by atoms with van der Waals surface area (Å²) < 4.78 is 29.9. The molecule has 1 aliphatic heterocycles. The number of rotatable bonds is 4. The molecule has 9 nitrogen and oxygen atoms in total. The molecule has 0 saturated carbocycles. The van der Waals surface area contributed by atoms with Crippen LogP contribution in [0, 0.1) is 5.41 Å². The van der Waals surface area contributed by atoms with Gasteiger partial charge in [-0.15, -0.1) is 4.36 Å². The van der Waals surface area contributed by atoms with Crippen LogP contribution in [0.15, 0.2) is 21.5 Å². The average molecular weight is 460 g/mol. The van der Waals surface area contributed by atoms with Gasteiger partial charge in [0.2, 0.25) is 5.88 Å². The third-order valence-corrected chi connectivity index (χ3v) is 7.93. The summed E-state index contributed by atoms with van der Waals surface area (Å²) in [5.41, 5.74) is 5.55. The molecule has 2 aromatic rings. The average Bonchev–Trinajstić information content (AvgIpc) is 3.45. The van der Waals surface area contributed by atoms with Gasteiger partial charge in [-0.1, -0.05) is 13.0 Å². The lowest BCUT2D eigenvalue weighted by molar-refractivity contribution is 0.00897. The molecule has 2 amide bonds. The number of anilines is 1. The number of hydrogen-bond acceptors (Lipinski definition) is 5. The van der Waals surface area contributed by atoms with E-state index in [0.717, 1.165) is 44.2 Å². The second-order valence-electron chi connectivity index (χ2n) is 9.33. The van der Waals surface area contributed by atoms with Gasteiger partial charge < -0.3 is 14.8 Å². The number of aryl methyl sites for hydroxylation is 2. The summed E-state index contributed by atoms with van der Waals surface area (Å²) in [6, 6.07) is 1.59. The highest BCUT2D eigenvalue weighted by Gasteiger charge is 2.35. The molecule has 5 rings (SSSR count). The van der Waals surface area contributed by atoms with Crippen molar-refractivity contribution in [1.82, 2.24) is 9.78 Å². The third kappa shape index (κ3) is 3.70.